The van der Waals surface area contributed by atoms with E-state index in [9.17, 15) is 29.7 Å². The zero-order valence-corrected chi connectivity index (χ0v) is 17.8. The molecule has 2 aliphatic rings. The van der Waals surface area contributed by atoms with Gasteiger partial charge in [-0.3, -0.25) is 19.3 Å². The first-order valence-electron chi connectivity index (χ1n) is 10.2. The Morgan fingerprint density at radius 2 is 1.76 bits per heavy atom. The molecule has 10 heteroatoms. The molecule has 2 aromatic carbocycles. The van der Waals surface area contributed by atoms with Gasteiger partial charge in [-0.05, 0) is 30.7 Å². The molecule has 0 saturated carbocycles. The van der Waals surface area contributed by atoms with Crippen LogP contribution >= 0.6 is 0 Å². The van der Waals surface area contributed by atoms with Gasteiger partial charge in [0.1, 0.15) is 0 Å². The topological polar surface area (TPSA) is 149 Å². The van der Waals surface area contributed by atoms with E-state index in [4.69, 9.17) is 4.74 Å². The molecule has 1 unspecified atom stereocenters. The number of nitrogens with zero attached hydrogens (tertiary/aromatic N) is 3. The summed E-state index contributed by atoms with van der Waals surface area (Å²) in [4.78, 5) is 39.8. The average Bonchev–Trinajstić information content (AvgIpc) is 3.20. The molecule has 10 nitrogen and oxygen atoms in total. The number of amides is 2. The van der Waals surface area contributed by atoms with Crippen LogP contribution in [0.1, 0.15) is 61.8 Å². The van der Waals surface area contributed by atoms with Crippen molar-refractivity contribution in [3.8, 4) is 0 Å². The van der Waals surface area contributed by atoms with Crippen LogP contribution in [0.2, 0.25) is 0 Å². The fourth-order valence-electron chi connectivity index (χ4n) is 3.94. The van der Waals surface area contributed by atoms with Crippen LogP contribution in [0, 0.1) is 0 Å². The van der Waals surface area contributed by atoms with Crippen molar-refractivity contribution in [1.82, 2.24) is 4.90 Å². The third-order valence-electron chi connectivity index (χ3n) is 5.66. The van der Waals surface area contributed by atoms with Crippen LogP contribution in [0.25, 0.3) is 5.76 Å². The Labute approximate surface area is 188 Å². The standard InChI is InChI=1S/C23H21N3O7/c1-3-12(10-33-2)26-21(29)14-5-4-6-16(17(14)22(26)30)24-25-18-19(27)13-8-7-11(23(31)32)9-15(13)20(18)28/h4-9,12,23,27,31-32H,3,10H2,1-2H3. The SMILES string of the molecule is CCC(COC)N1C(=O)c2cccc(N=NC3=C(O)c4ccc(C(O)O)cc4C3=O)c2C1=O. The molecule has 4 rings (SSSR count). The number of imide groups is 1. The van der Waals surface area contributed by atoms with Crippen molar-refractivity contribution in [3.63, 3.8) is 0 Å². The number of ether oxygens (including phenoxy) is 1. The molecule has 1 heterocycles. The molecule has 0 bridgehead atoms. The van der Waals surface area contributed by atoms with E-state index in [0.717, 1.165) is 4.90 Å². The normalized spacial score (nSPS) is 16.4. The van der Waals surface area contributed by atoms with Crippen LogP contribution in [0.5, 0.6) is 0 Å². The van der Waals surface area contributed by atoms with Gasteiger partial charge in [0.15, 0.2) is 17.7 Å². The summed E-state index contributed by atoms with van der Waals surface area (Å²) in [6.45, 7) is 2.03. The number of azo groups is 1. The van der Waals surface area contributed by atoms with Crippen LogP contribution in [-0.4, -0.2) is 57.6 Å². The zero-order valence-electron chi connectivity index (χ0n) is 17.8. The van der Waals surface area contributed by atoms with Gasteiger partial charge in [-0.25, -0.2) is 0 Å². The Balaban J connectivity index is 1.68. The van der Waals surface area contributed by atoms with E-state index in [0.29, 0.717) is 6.42 Å². The van der Waals surface area contributed by atoms with Crippen molar-refractivity contribution in [2.75, 3.05) is 13.7 Å². The number of aliphatic hydroxyl groups is 3. The molecular weight excluding hydrogens is 430 g/mol. The first-order chi connectivity index (χ1) is 15.8. The fraction of sp³-hybridized carbons (Fsp3) is 0.261. The van der Waals surface area contributed by atoms with Crippen LogP contribution < -0.4 is 0 Å². The highest BCUT2D eigenvalue weighted by Crippen LogP contribution is 2.36. The van der Waals surface area contributed by atoms with E-state index in [1.807, 2.05) is 6.92 Å². The lowest BCUT2D eigenvalue weighted by atomic mass is 10.0. The van der Waals surface area contributed by atoms with Gasteiger partial charge in [-0.15, -0.1) is 10.2 Å². The molecule has 0 spiro atoms. The summed E-state index contributed by atoms with van der Waals surface area (Å²) in [5, 5.41) is 37.0. The maximum Gasteiger partial charge on any atom is 0.264 e. The van der Waals surface area contributed by atoms with Crippen LogP contribution in [-0.2, 0) is 4.74 Å². The van der Waals surface area contributed by atoms with Gasteiger partial charge < -0.3 is 20.1 Å². The van der Waals surface area contributed by atoms with E-state index in [-0.39, 0.29) is 45.8 Å². The van der Waals surface area contributed by atoms with E-state index in [2.05, 4.69) is 10.2 Å². The van der Waals surface area contributed by atoms with Crippen molar-refractivity contribution in [2.24, 2.45) is 10.2 Å². The molecule has 33 heavy (non-hydrogen) atoms. The predicted octanol–water partition coefficient (Wildman–Crippen LogP) is 2.90. The third-order valence-corrected chi connectivity index (χ3v) is 5.66. The minimum atomic E-state index is -1.78. The van der Waals surface area contributed by atoms with Gasteiger partial charge in [-0.1, -0.05) is 19.1 Å². The van der Waals surface area contributed by atoms with E-state index in [1.165, 1.54) is 37.4 Å². The number of carbonyl (C=O) groups is 3. The van der Waals surface area contributed by atoms with Crippen molar-refractivity contribution < 1.29 is 34.4 Å². The Kier molecular flexibility index (Phi) is 5.90. The Hall–Kier alpha value is -3.73. The Morgan fingerprint density at radius 1 is 1.00 bits per heavy atom. The summed E-state index contributed by atoms with van der Waals surface area (Å²) in [5.41, 5.74) is 0.274. The molecule has 0 saturated heterocycles. The Bertz CT molecular complexity index is 1230. The number of hydrogen-bond donors (Lipinski definition) is 3. The molecule has 3 N–H and O–H groups in total. The van der Waals surface area contributed by atoms with Gasteiger partial charge in [0, 0.05) is 23.8 Å². The summed E-state index contributed by atoms with van der Waals surface area (Å²) in [6, 6.07) is 8.10. The second-order valence-electron chi connectivity index (χ2n) is 7.60. The first kappa shape index (κ1) is 22.5. The van der Waals surface area contributed by atoms with Gasteiger partial charge in [-0.2, -0.15) is 0 Å². The number of benzene rings is 2. The molecule has 2 amide bonds. The molecule has 1 aliphatic carbocycles. The Morgan fingerprint density at radius 3 is 2.42 bits per heavy atom. The van der Waals surface area contributed by atoms with Crippen molar-refractivity contribution >= 4 is 29.0 Å². The molecule has 0 fully saturated rings. The van der Waals surface area contributed by atoms with Crippen molar-refractivity contribution in [2.45, 2.75) is 25.7 Å². The van der Waals surface area contributed by atoms with Gasteiger partial charge in [0.05, 0.1) is 29.5 Å². The number of Topliss-reactive ketones (excluding diaryl/α,β-unsaturated/α-hetero) is 1. The highest BCUT2D eigenvalue weighted by atomic mass is 16.5. The molecular formula is C23H21N3O7. The smallest absolute Gasteiger partial charge is 0.264 e. The highest BCUT2D eigenvalue weighted by Gasteiger charge is 2.41. The van der Waals surface area contributed by atoms with Gasteiger partial charge >= 0.3 is 0 Å². The quantitative estimate of drug-likeness (QED) is 0.333. The largest absolute Gasteiger partial charge is 0.505 e. The number of allylic oxidation sites excluding steroid dienone is 1. The molecule has 0 radical (unpaired) electrons. The average molecular weight is 451 g/mol. The monoisotopic (exact) mass is 451 g/mol. The molecule has 0 aromatic heterocycles. The van der Waals surface area contributed by atoms with Crippen LogP contribution in [0.4, 0.5) is 5.69 Å². The maximum atomic E-state index is 13.1. The molecule has 170 valence electrons. The second kappa shape index (κ2) is 8.66. The van der Waals surface area contributed by atoms with E-state index < -0.39 is 35.7 Å². The molecule has 1 atom stereocenters. The minimum Gasteiger partial charge on any atom is -0.505 e. The molecule has 2 aromatic rings. The maximum absolute atomic E-state index is 13.1. The van der Waals surface area contributed by atoms with Crippen molar-refractivity contribution in [1.29, 1.82) is 0 Å². The summed E-state index contributed by atoms with van der Waals surface area (Å²) < 4.78 is 5.13. The van der Waals surface area contributed by atoms with Crippen LogP contribution in [0.3, 0.4) is 0 Å². The van der Waals surface area contributed by atoms with E-state index >= 15 is 0 Å². The van der Waals surface area contributed by atoms with E-state index in [1.54, 1.807) is 6.07 Å². The summed E-state index contributed by atoms with van der Waals surface area (Å²) in [7, 11) is 1.49. The van der Waals surface area contributed by atoms with Crippen molar-refractivity contribution in [3.05, 3.63) is 69.9 Å². The lowest BCUT2D eigenvalue weighted by Gasteiger charge is -2.24. The van der Waals surface area contributed by atoms with Gasteiger partial charge in [0.25, 0.3) is 11.8 Å². The number of carbonyl (C=O) groups excluding carboxylic acids is 3. The zero-order chi connectivity index (χ0) is 23.9. The highest BCUT2D eigenvalue weighted by molar-refractivity contribution is 6.23. The number of rotatable bonds is 7. The fourth-order valence-corrected chi connectivity index (χ4v) is 3.94. The second-order valence-corrected chi connectivity index (χ2v) is 7.60. The summed E-state index contributed by atoms with van der Waals surface area (Å²) in [6.07, 6.45) is -1.27. The number of methoxy groups -OCH3 is 1. The lowest BCUT2D eigenvalue weighted by Crippen LogP contribution is -2.42. The third kappa shape index (κ3) is 3.63. The van der Waals surface area contributed by atoms with Crippen LogP contribution in [0.15, 0.2) is 52.3 Å². The predicted molar refractivity (Wildman–Crippen MR) is 115 cm³/mol. The number of ketones is 1. The minimum absolute atomic E-state index is 0.0492. The summed E-state index contributed by atoms with van der Waals surface area (Å²) >= 11 is 0. The number of fused-ring (bicyclic) bond motifs is 2. The molecule has 1 aliphatic heterocycles. The first-order valence-corrected chi connectivity index (χ1v) is 10.2. The van der Waals surface area contributed by atoms with Gasteiger partial charge in [0.2, 0.25) is 5.78 Å². The number of aliphatic hydroxyl groups excluding tert-OH is 2. The summed E-state index contributed by atoms with van der Waals surface area (Å²) in [5.74, 6) is -2.07. The lowest BCUT2D eigenvalue weighted by molar-refractivity contribution is -0.0425. The number of hydrogen-bond acceptors (Lipinski definition) is 9.